The summed E-state index contributed by atoms with van der Waals surface area (Å²) in [4.78, 5) is 29.0. The number of benzene rings is 2. The summed E-state index contributed by atoms with van der Waals surface area (Å²) in [5.41, 5.74) is 0.189. The number of alkyl halides is 3. The molecule has 0 fully saturated rings. The number of nitrogens with zero attached hydrogens (tertiary/aromatic N) is 3. The van der Waals surface area contributed by atoms with E-state index in [0.717, 1.165) is 0 Å². The molecule has 0 spiro atoms. The highest BCUT2D eigenvalue weighted by atomic mass is 19.4. The average molecular weight is 446 g/mol. The van der Waals surface area contributed by atoms with Crippen molar-refractivity contribution in [2.24, 2.45) is 0 Å². The van der Waals surface area contributed by atoms with Gasteiger partial charge in [-0.2, -0.15) is 18.2 Å². The zero-order valence-electron chi connectivity index (χ0n) is 16.4. The van der Waals surface area contributed by atoms with E-state index < -0.39 is 28.7 Å². The Morgan fingerprint density at radius 3 is 2.41 bits per heavy atom. The summed E-state index contributed by atoms with van der Waals surface area (Å²) in [5.74, 6) is -2.14. The topological polar surface area (TPSA) is 88.3 Å². The standard InChI is InChI=1S/C21H14F4N4O3/c1-29(16-15(17(30)18(16)31)26-14-4-2-3-13(22)9-14)10-11-5-7-12(8-6-11)19-27-20(32-28-19)21(23,24)25/h2-9,26H,10H2,1H3. The van der Waals surface area contributed by atoms with Crippen LogP contribution in [0.4, 0.5) is 34.6 Å². The quantitative estimate of drug-likeness (QED) is 0.355. The molecule has 4 rings (SSSR count). The highest BCUT2D eigenvalue weighted by Crippen LogP contribution is 2.30. The summed E-state index contributed by atoms with van der Waals surface area (Å²) in [6.07, 6.45) is -4.73. The van der Waals surface area contributed by atoms with E-state index in [1.54, 1.807) is 30.1 Å². The number of hydrogen-bond donors (Lipinski definition) is 1. The van der Waals surface area contributed by atoms with Crippen LogP contribution in [0.3, 0.4) is 0 Å². The Kier molecular flexibility index (Phi) is 5.25. The minimum Gasteiger partial charge on any atom is -0.365 e. The fourth-order valence-electron chi connectivity index (χ4n) is 3.14. The molecular weight excluding hydrogens is 432 g/mol. The van der Waals surface area contributed by atoms with Gasteiger partial charge in [0.05, 0.1) is 0 Å². The van der Waals surface area contributed by atoms with Gasteiger partial charge in [-0.05, 0) is 23.8 Å². The van der Waals surface area contributed by atoms with Crippen LogP contribution in [0.2, 0.25) is 0 Å². The fraction of sp³-hybridized carbons (Fsp3) is 0.143. The third-order valence-corrected chi connectivity index (χ3v) is 4.66. The lowest BCUT2D eigenvalue weighted by atomic mass is 10.1. The molecule has 0 atom stereocenters. The molecule has 0 aliphatic heterocycles. The van der Waals surface area contributed by atoms with Gasteiger partial charge in [0.1, 0.15) is 17.2 Å². The maximum atomic E-state index is 13.4. The highest BCUT2D eigenvalue weighted by Gasteiger charge is 2.38. The average Bonchev–Trinajstić information content (AvgIpc) is 3.24. The molecule has 1 aromatic heterocycles. The van der Waals surface area contributed by atoms with Crippen molar-refractivity contribution in [2.75, 3.05) is 17.3 Å². The molecule has 1 heterocycles. The van der Waals surface area contributed by atoms with Crippen LogP contribution in [-0.2, 0) is 12.7 Å². The fourth-order valence-corrected chi connectivity index (χ4v) is 3.14. The molecule has 3 aromatic carbocycles. The van der Waals surface area contributed by atoms with Gasteiger partial charge in [-0.3, -0.25) is 9.59 Å². The largest absolute Gasteiger partial charge is 0.471 e. The number of aromatic nitrogens is 2. The summed E-state index contributed by atoms with van der Waals surface area (Å²) in [6, 6.07) is 11.8. The van der Waals surface area contributed by atoms with E-state index in [1.807, 2.05) is 0 Å². The van der Waals surface area contributed by atoms with Crippen LogP contribution in [0, 0.1) is 5.82 Å². The molecule has 0 radical (unpaired) electrons. The van der Waals surface area contributed by atoms with Crippen LogP contribution in [0.15, 0.2) is 62.6 Å². The van der Waals surface area contributed by atoms with Gasteiger partial charge < -0.3 is 14.7 Å². The molecular formula is C21H14F4N4O3. The molecule has 0 unspecified atom stereocenters. The minimum absolute atomic E-state index is 0.0613. The summed E-state index contributed by atoms with van der Waals surface area (Å²) in [5, 5.41) is 6.10. The normalized spacial score (nSPS) is 11.7. The Balaban J connectivity index is 1.50. The Bertz CT molecular complexity index is 1340. The minimum atomic E-state index is -4.73. The summed E-state index contributed by atoms with van der Waals surface area (Å²) < 4.78 is 55.4. The van der Waals surface area contributed by atoms with Crippen LogP contribution in [0.1, 0.15) is 11.5 Å². The van der Waals surface area contributed by atoms with Crippen molar-refractivity contribution in [1.29, 1.82) is 0 Å². The van der Waals surface area contributed by atoms with Gasteiger partial charge in [-0.1, -0.05) is 35.5 Å². The number of rotatable bonds is 6. The zero-order chi connectivity index (χ0) is 23.0. The van der Waals surface area contributed by atoms with E-state index in [1.165, 1.54) is 30.3 Å². The molecule has 0 aliphatic carbocycles. The maximum Gasteiger partial charge on any atom is 0.471 e. The van der Waals surface area contributed by atoms with Gasteiger partial charge in [0.15, 0.2) is 0 Å². The second kappa shape index (κ2) is 7.91. The first-order valence-corrected chi connectivity index (χ1v) is 9.21. The third-order valence-electron chi connectivity index (χ3n) is 4.66. The second-order valence-electron chi connectivity index (χ2n) is 6.99. The lowest BCUT2D eigenvalue weighted by Crippen LogP contribution is -2.40. The molecule has 164 valence electrons. The van der Waals surface area contributed by atoms with Crippen molar-refractivity contribution < 1.29 is 22.1 Å². The highest BCUT2D eigenvalue weighted by molar-refractivity contribution is 5.79. The summed E-state index contributed by atoms with van der Waals surface area (Å²) in [6.45, 7) is 0.225. The van der Waals surface area contributed by atoms with Crippen molar-refractivity contribution in [3.05, 3.63) is 86.2 Å². The molecule has 32 heavy (non-hydrogen) atoms. The third kappa shape index (κ3) is 4.09. The van der Waals surface area contributed by atoms with Crippen molar-refractivity contribution in [3.8, 4) is 11.4 Å². The first-order chi connectivity index (χ1) is 15.1. The van der Waals surface area contributed by atoms with E-state index in [-0.39, 0.29) is 23.7 Å². The molecule has 0 aliphatic rings. The second-order valence-corrected chi connectivity index (χ2v) is 6.99. The monoisotopic (exact) mass is 446 g/mol. The molecule has 0 amide bonds. The molecule has 0 saturated carbocycles. The lowest BCUT2D eigenvalue weighted by Gasteiger charge is -2.23. The van der Waals surface area contributed by atoms with Crippen LogP contribution >= 0.6 is 0 Å². The number of hydrogen-bond acceptors (Lipinski definition) is 7. The zero-order valence-corrected chi connectivity index (χ0v) is 16.4. The SMILES string of the molecule is CN(Cc1ccc(-c2noc(C(F)(F)F)n2)cc1)c1c(Nc2cccc(F)c2)c(=O)c1=O. The summed E-state index contributed by atoms with van der Waals surface area (Å²) in [7, 11) is 1.61. The van der Waals surface area contributed by atoms with Gasteiger partial charge in [0, 0.05) is 24.8 Å². The number of anilines is 3. The first kappa shape index (κ1) is 21.2. The molecule has 0 bridgehead atoms. The number of nitrogens with one attached hydrogen (secondary N) is 1. The Labute approximate surface area is 177 Å². The van der Waals surface area contributed by atoms with E-state index in [2.05, 4.69) is 20.0 Å². The molecule has 11 heteroatoms. The van der Waals surface area contributed by atoms with Gasteiger partial charge in [-0.15, -0.1) is 0 Å². The van der Waals surface area contributed by atoms with Gasteiger partial charge in [0.2, 0.25) is 5.82 Å². The Hall–Kier alpha value is -4.02. The lowest BCUT2D eigenvalue weighted by molar-refractivity contribution is -0.159. The van der Waals surface area contributed by atoms with E-state index in [9.17, 15) is 27.2 Å². The first-order valence-electron chi connectivity index (χ1n) is 9.21. The van der Waals surface area contributed by atoms with Gasteiger partial charge >= 0.3 is 12.1 Å². The number of halogens is 4. The van der Waals surface area contributed by atoms with Gasteiger partial charge in [-0.25, -0.2) is 4.39 Å². The van der Waals surface area contributed by atoms with E-state index in [0.29, 0.717) is 16.8 Å². The molecule has 4 aromatic rings. The van der Waals surface area contributed by atoms with Crippen molar-refractivity contribution in [2.45, 2.75) is 12.7 Å². The Morgan fingerprint density at radius 1 is 1.06 bits per heavy atom. The molecule has 1 N–H and O–H groups in total. The maximum absolute atomic E-state index is 13.4. The predicted octanol–water partition coefficient (Wildman–Crippen LogP) is 3.87. The van der Waals surface area contributed by atoms with Crippen LogP contribution in [0.5, 0.6) is 0 Å². The van der Waals surface area contributed by atoms with Crippen LogP contribution < -0.4 is 21.1 Å². The van der Waals surface area contributed by atoms with Crippen molar-refractivity contribution >= 4 is 17.1 Å². The summed E-state index contributed by atoms with van der Waals surface area (Å²) >= 11 is 0. The Morgan fingerprint density at radius 2 is 1.78 bits per heavy atom. The van der Waals surface area contributed by atoms with E-state index in [4.69, 9.17) is 0 Å². The molecule has 7 nitrogen and oxygen atoms in total. The van der Waals surface area contributed by atoms with Crippen molar-refractivity contribution in [1.82, 2.24) is 10.1 Å². The predicted molar refractivity (Wildman–Crippen MR) is 108 cm³/mol. The van der Waals surface area contributed by atoms with Crippen LogP contribution in [-0.4, -0.2) is 17.2 Å². The van der Waals surface area contributed by atoms with Crippen molar-refractivity contribution in [3.63, 3.8) is 0 Å². The molecule has 0 saturated heterocycles. The smallest absolute Gasteiger partial charge is 0.365 e. The van der Waals surface area contributed by atoms with Gasteiger partial charge in [0.25, 0.3) is 10.9 Å². The van der Waals surface area contributed by atoms with E-state index >= 15 is 0 Å². The van der Waals surface area contributed by atoms with Crippen LogP contribution in [0.25, 0.3) is 11.4 Å².